The summed E-state index contributed by atoms with van der Waals surface area (Å²) in [6, 6.07) is 16.4. The molecular weight excluding hydrogens is 279 g/mol. The third-order valence-corrected chi connectivity index (χ3v) is 3.49. The summed E-state index contributed by atoms with van der Waals surface area (Å²) >= 11 is 0. The second-order valence-corrected chi connectivity index (χ2v) is 5.46. The van der Waals surface area contributed by atoms with Gasteiger partial charge in [0.2, 0.25) is 5.91 Å². The Morgan fingerprint density at radius 3 is 2.45 bits per heavy atom. The van der Waals surface area contributed by atoms with E-state index in [0.29, 0.717) is 12.1 Å². The van der Waals surface area contributed by atoms with Crippen LogP contribution in [0.4, 0.5) is 4.39 Å². The first-order chi connectivity index (χ1) is 10.6. The molecular formula is C18H21FN2O. The van der Waals surface area contributed by atoms with E-state index in [-0.39, 0.29) is 24.3 Å². The summed E-state index contributed by atoms with van der Waals surface area (Å²) in [5, 5.41) is 2.95. The van der Waals surface area contributed by atoms with Crippen LogP contribution in [0.15, 0.2) is 54.6 Å². The lowest BCUT2D eigenvalue weighted by atomic mass is 10.1. The van der Waals surface area contributed by atoms with Crippen molar-refractivity contribution in [1.82, 2.24) is 10.2 Å². The SMILES string of the molecule is CC(NC(=O)CN(C)Cc1ccccc1F)c1ccccc1. The highest BCUT2D eigenvalue weighted by Crippen LogP contribution is 2.11. The smallest absolute Gasteiger partial charge is 0.234 e. The van der Waals surface area contributed by atoms with E-state index in [1.807, 2.05) is 37.3 Å². The third-order valence-electron chi connectivity index (χ3n) is 3.49. The Morgan fingerprint density at radius 2 is 1.77 bits per heavy atom. The molecule has 22 heavy (non-hydrogen) atoms. The largest absolute Gasteiger partial charge is 0.348 e. The summed E-state index contributed by atoms with van der Waals surface area (Å²) in [4.78, 5) is 13.9. The van der Waals surface area contributed by atoms with Crippen molar-refractivity contribution in [3.05, 3.63) is 71.5 Å². The van der Waals surface area contributed by atoms with Gasteiger partial charge in [-0.3, -0.25) is 9.69 Å². The van der Waals surface area contributed by atoms with Gasteiger partial charge in [-0.1, -0.05) is 48.5 Å². The van der Waals surface area contributed by atoms with Crippen LogP contribution in [0.1, 0.15) is 24.1 Å². The number of nitrogens with one attached hydrogen (secondary N) is 1. The number of amides is 1. The van der Waals surface area contributed by atoms with Crippen molar-refractivity contribution in [2.24, 2.45) is 0 Å². The highest BCUT2D eigenvalue weighted by molar-refractivity contribution is 5.78. The van der Waals surface area contributed by atoms with Crippen molar-refractivity contribution in [3.63, 3.8) is 0 Å². The molecule has 0 heterocycles. The van der Waals surface area contributed by atoms with E-state index in [0.717, 1.165) is 5.56 Å². The van der Waals surface area contributed by atoms with Gasteiger partial charge < -0.3 is 5.32 Å². The lowest BCUT2D eigenvalue weighted by Gasteiger charge is -2.19. The van der Waals surface area contributed by atoms with Crippen molar-refractivity contribution in [2.45, 2.75) is 19.5 Å². The Morgan fingerprint density at radius 1 is 1.14 bits per heavy atom. The third kappa shape index (κ3) is 4.67. The zero-order valence-corrected chi connectivity index (χ0v) is 12.9. The van der Waals surface area contributed by atoms with Gasteiger partial charge in [-0.15, -0.1) is 0 Å². The fourth-order valence-electron chi connectivity index (χ4n) is 2.33. The molecule has 2 aromatic rings. The Bertz CT molecular complexity index is 615. The maximum Gasteiger partial charge on any atom is 0.234 e. The van der Waals surface area contributed by atoms with E-state index >= 15 is 0 Å². The molecule has 1 unspecified atom stereocenters. The lowest BCUT2D eigenvalue weighted by molar-refractivity contribution is -0.122. The number of nitrogens with zero attached hydrogens (tertiary/aromatic N) is 1. The van der Waals surface area contributed by atoms with E-state index < -0.39 is 0 Å². The maximum absolute atomic E-state index is 13.6. The zero-order chi connectivity index (χ0) is 15.9. The van der Waals surface area contributed by atoms with Crippen LogP contribution < -0.4 is 5.32 Å². The average molecular weight is 300 g/mol. The first-order valence-electron chi connectivity index (χ1n) is 7.32. The minimum Gasteiger partial charge on any atom is -0.348 e. The number of hydrogen-bond acceptors (Lipinski definition) is 2. The predicted octanol–water partition coefficient (Wildman–Crippen LogP) is 3.13. The Kier molecular flexibility index (Phi) is 5.67. The van der Waals surface area contributed by atoms with Gasteiger partial charge in [0.05, 0.1) is 12.6 Å². The first-order valence-corrected chi connectivity index (χ1v) is 7.32. The van der Waals surface area contributed by atoms with Crippen molar-refractivity contribution < 1.29 is 9.18 Å². The molecule has 0 bridgehead atoms. The number of rotatable bonds is 6. The fourth-order valence-corrected chi connectivity index (χ4v) is 2.33. The number of benzene rings is 2. The molecule has 0 radical (unpaired) electrons. The van der Waals surface area contributed by atoms with Gasteiger partial charge in [0.1, 0.15) is 5.82 Å². The number of carbonyl (C=O) groups excluding carboxylic acids is 1. The van der Waals surface area contributed by atoms with Gasteiger partial charge in [0.25, 0.3) is 0 Å². The average Bonchev–Trinajstić information content (AvgIpc) is 2.50. The Balaban J connectivity index is 1.85. The van der Waals surface area contributed by atoms with E-state index in [1.165, 1.54) is 6.07 Å². The van der Waals surface area contributed by atoms with Crippen LogP contribution in [-0.4, -0.2) is 24.4 Å². The fraction of sp³-hybridized carbons (Fsp3) is 0.278. The van der Waals surface area contributed by atoms with E-state index in [1.54, 1.807) is 30.1 Å². The second kappa shape index (κ2) is 7.71. The van der Waals surface area contributed by atoms with Gasteiger partial charge in [0, 0.05) is 12.1 Å². The standard InChI is InChI=1S/C18H21FN2O/c1-14(15-8-4-3-5-9-15)20-18(22)13-21(2)12-16-10-6-7-11-17(16)19/h3-11,14H,12-13H2,1-2H3,(H,20,22). The second-order valence-electron chi connectivity index (χ2n) is 5.46. The number of likely N-dealkylation sites (N-methyl/N-ethyl adjacent to an activating group) is 1. The van der Waals surface area contributed by atoms with Crippen LogP contribution in [0.5, 0.6) is 0 Å². The van der Waals surface area contributed by atoms with Crippen LogP contribution in [-0.2, 0) is 11.3 Å². The molecule has 0 aliphatic rings. The van der Waals surface area contributed by atoms with Gasteiger partial charge in [-0.05, 0) is 25.6 Å². The van der Waals surface area contributed by atoms with E-state index in [2.05, 4.69) is 5.32 Å². The summed E-state index contributed by atoms with van der Waals surface area (Å²) in [5.74, 6) is -0.317. The van der Waals surface area contributed by atoms with Crippen LogP contribution >= 0.6 is 0 Å². The molecule has 116 valence electrons. The first kappa shape index (κ1) is 16.2. The van der Waals surface area contributed by atoms with Crippen LogP contribution in [0.2, 0.25) is 0 Å². The van der Waals surface area contributed by atoms with Gasteiger partial charge in [-0.25, -0.2) is 4.39 Å². The zero-order valence-electron chi connectivity index (χ0n) is 12.9. The topological polar surface area (TPSA) is 32.3 Å². The summed E-state index contributed by atoms with van der Waals surface area (Å²) in [5.41, 5.74) is 1.65. The Labute approximate surface area is 130 Å². The van der Waals surface area contributed by atoms with Crippen molar-refractivity contribution in [2.75, 3.05) is 13.6 Å². The molecule has 0 spiro atoms. The summed E-state index contributed by atoms with van der Waals surface area (Å²) < 4.78 is 13.6. The molecule has 2 rings (SSSR count). The molecule has 0 aliphatic carbocycles. The molecule has 0 fully saturated rings. The molecule has 1 atom stereocenters. The van der Waals surface area contributed by atoms with Gasteiger partial charge in [0.15, 0.2) is 0 Å². The summed E-state index contributed by atoms with van der Waals surface area (Å²) in [7, 11) is 1.80. The molecule has 0 saturated carbocycles. The van der Waals surface area contributed by atoms with Crippen LogP contribution in [0.3, 0.4) is 0 Å². The van der Waals surface area contributed by atoms with Crippen molar-refractivity contribution in [1.29, 1.82) is 0 Å². The molecule has 1 amide bonds. The van der Waals surface area contributed by atoms with Gasteiger partial charge >= 0.3 is 0 Å². The number of carbonyl (C=O) groups is 1. The maximum atomic E-state index is 13.6. The van der Waals surface area contributed by atoms with Crippen LogP contribution in [0, 0.1) is 5.82 Å². The summed E-state index contributed by atoms with van der Waals surface area (Å²) in [6.07, 6.45) is 0. The lowest BCUT2D eigenvalue weighted by Crippen LogP contribution is -2.36. The molecule has 1 N–H and O–H groups in total. The quantitative estimate of drug-likeness (QED) is 0.889. The molecule has 3 nitrogen and oxygen atoms in total. The highest BCUT2D eigenvalue weighted by atomic mass is 19.1. The monoisotopic (exact) mass is 300 g/mol. The normalized spacial score (nSPS) is 12.2. The van der Waals surface area contributed by atoms with E-state index in [4.69, 9.17) is 0 Å². The Hall–Kier alpha value is -2.20. The minimum absolute atomic E-state index is 0.0458. The molecule has 0 saturated heterocycles. The van der Waals surface area contributed by atoms with Crippen molar-refractivity contribution in [3.8, 4) is 0 Å². The van der Waals surface area contributed by atoms with E-state index in [9.17, 15) is 9.18 Å². The molecule has 0 aliphatic heterocycles. The predicted molar refractivity (Wildman–Crippen MR) is 85.7 cm³/mol. The van der Waals surface area contributed by atoms with Crippen LogP contribution in [0.25, 0.3) is 0 Å². The number of halogens is 1. The summed E-state index contributed by atoms with van der Waals surface area (Å²) in [6.45, 7) is 2.58. The molecule has 4 heteroatoms. The molecule has 0 aromatic heterocycles. The van der Waals surface area contributed by atoms with Gasteiger partial charge in [-0.2, -0.15) is 0 Å². The molecule has 2 aromatic carbocycles. The number of hydrogen-bond donors (Lipinski definition) is 1. The minimum atomic E-state index is -0.243. The van der Waals surface area contributed by atoms with Crippen molar-refractivity contribution >= 4 is 5.91 Å². The highest BCUT2D eigenvalue weighted by Gasteiger charge is 2.12.